The lowest BCUT2D eigenvalue weighted by Gasteiger charge is -2.25. The molecule has 1 heterocycles. The van der Waals surface area contributed by atoms with Gasteiger partial charge in [0.2, 0.25) is 0 Å². The maximum atomic E-state index is 8.99. The van der Waals surface area contributed by atoms with Crippen molar-refractivity contribution in [1.82, 2.24) is 4.90 Å². The van der Waals surface area contributed by atoms with Gasteiger partial charge in [-0.15, -0.1) is 0 Å². The molecule has 0 spiro atoms. The van der Waals surface area contributed by atoms with Gasteiger partial charge < -0.3 is 9.84 Å². The summed E-state index contributed by atoms with van der Waals surface area (Å²) in [5.41, 5.74) is 2.49. The molecule has 1 fully saturated rings. The molecule has 0 aromatic rings. The summed E-state index contributed by atoms with van der Waals surface area (Å²) in [5.74, 6) is 0. The van der Waals surface area contributed by atoms with Crippen LogP contribution in [0.2, 0.25) is 0 Å². The van der Waals surface area contributed by atoms with Crippen LogP contribution in [-0.2, 0) is 4.74 Å². The molecular weight excluding hydrogens is 214 g/mol. The molecule has 2 aliphatic rings. The molecule has 0 aromatic carbocycles. The first-order valence-electron chi connectivity index (χ1n) is 6.34. The van der Waals surface area contributed by atoms with E-state index in [0.29, 0.717) is 0 Å². The van der Waals surface area contributed by atoms with Crippen molar-refractivity contribution in [2.24, 2.45) is 0 Å². The Labute approximate surface area is 103 Å². The van der Waals surface area contributed by atoms with Crippen LogP contribution in [0.15, 0.2) is 35.5 Å². The molecule has 1 saturated heterocycles. The van der Waals surface area contributed by atoms with Crippen molar-refractivity contribution in [1.29, 1.82) is 0 Å². The Hall–Kier alpha value is -0.900. The normalized spacial score (nSPS) is 22.6. The van der Waals surface area contributed by atoms with Crippen molar-refractivity contribution >= 4 is 0 Å². The predicted octanol–water partition coefficient (Wildman–Crippen LogP) is 1.51. The number of aliphatic hydroxyl groups excluding tert-OH is 1. The van der Waals surface area contributed by atoms with E-state index in [1.165, 1.54) is 5.57 Å². The summed E-state index contributed by atoms with van der Waals surface area (Å²) >= 11 is 0. The first-order valence-corrected chi connectivity index (χ1v) is 6.34. The highest BCUT2D eigenvalue weighted by atomic mass is 16.5. The monoisotopic (exact) mass is 235 g/mol. The van der Waals surface area contributed by atoms with E-state index < -0.39 is 0 Å². The summed E-state index contributed by atoms with van der Waals surface area (Å²) in [6.45, 7) is 5.01. The fraction of sp³-hybridized carbons (Fsp3) is 0.571. The van der Waals surface area contributed by atoms with E-state index in [-0.39, 0.29) is 6.61 Å². The van der Waals surface area contributed by atoms with Crippen molar-refractivity contribution in [2.45, 2.75) is 12.8 Å². The van der Waals surface area contributed by atoms with Crippen molar-refractivity contribution in [3.63, 3.8) is 0 Å². The van der Waals surface area contributed by atoms with Gasteiger partial charge in [-0.25, -0.2) is 0 Å². The van der Waals surface area contributed by atoms with Gasteiger partial charge >= 0.3 is 0 Å². The number of rotatable bonds is 4. The zero-order valence-corrected chi connectivity index (χ0v) is 10.3. The minimum absolute atomic E-state index is 0.196. The van der Waals surface area contributed by atoms with Crippen LogP contribution >= 0.6 is 0 Å². The topological polar surface area (TPSA) is 32.7 Å². The third-order valence-corrected chi connectivity index (χ3v) is 3.27. The minimum Gasteiger partial charge on any atom is -0.392 e. The maximum Gasteiger partial charge on any atom is 0.0644 e. The van der Waals surface area contributed by atoms with E-state index >= 15 is 0 Å². The Morgan fingerprint density at radius 1 is 1.24 bits per heavy atom. The summed E-state index contributed by atoms with van der Waals surface area (Å²) in [7, 11) is 0. The number of nitrogens with zero attached hydrogens (tertiary/aromatic N) is 1. The van der Waals surface area contributed by atoms with Crippen molar-refractivity contribution in [2.75, 3.05) is 39.5 Å². The lowest BCUT2D eigenvalue weighted by Crippen LogP contribution is -2.36. The van der Waals surface area contributed by atoms with E-state index in [4.69, 9.17) is 9.84 Å². The number of hydrogen-bond acceptors (Lipinski definition) is 3. The Morgan fingerprint density at radius 3 is 2.71 bits per heavy atom. The Morgan fingerprint density at radius 2 is 2.06 bits per heavy atom. The molecule has 0 radical (unpaired) electrons. The molecule has 1 aliphatic carbocycles. The lowest BCUT2D eigenvalue weighted by molar-refractivity contribution is 0.0434. The van der Waals surface area contributed by atoms with E-state index in [1.54, 1.807) is 0 Å². The molecule has 0 unspecified atom stereocenters. The molecular formula is C14H21NO2. The van der Waals surface area contributed by atoms with Gasteiger partial charge in [0.25, 0.3) is 0 Å². The lowest BCUT2D eigenvalue weighted by atomic mass is 9.98. The van der Waals surface area contributed by atoms with Crippen molar-refractivity contribution in [3.8, 4) is 0 Å². The van der Waals surface area contributed by atoms with E-state index in [1.807, 2.05) is 6.08 Å². The molecule has 94 valence electrons. The van der Waals surface area contributed by atoms with Crippen LogP contribution in [0.3, 0.4) is 0 Å². The highest BCUT2D eigenvalue weighted by Crippen LogP contribution is 2.18. The molecule has 17 heavy (non-hydrogen) atoms. The smallest absolute Gasteiger partial charge is 0.0644 e. The SMILES string of the molecule is OCC1=CC=C(/C=C/CN2CCOCC2)CC1. The largest absolute Gasteiger partial charge is 0.392 e. The standard InChI is InChI=1S/C14H21NO2/c16-12-14-5-3-13(4-6-14)2-1-7-15-8-10-17-11-9-15/h1-3,5,16H,4,6-12H2/b2-1+. The van der Waals surface area contributed by atoms with E-state index in [0.717, 1.165) is 51.3 Å². The number of hydrogen-bond donors (Lipinski definition) is 1. The molecule has 0 aromatic heterocycles. The number of aliphatic hydroxyl groups is 1. The van der Waals surface area contributed by atoms with Gasteiger partial charge in [-0.2, -0.15) is 0 Å². The van der Waals surface area contributed by atoms with Crippen LogP contribution in [0.4, 0.5) is 0 Å². The fourth-order valence-corrected chi connectivity index (χ4v) is 2.10. The maximum absolute atomic E-state index is 8.99. The first kappa shape index (κ1) is 12.6. The number of ether oxygens (including phenoxy) is 1. The van der Waals surface area contributed by atoms with Gasteiger partial charge in [0.15, 0.2) is 0 Å². The summed E-state index contributed by atoms with van der Waals surface area (Å²) in [4.78, 5) is 2.40. The second-order valence-electron chi connectivity index (χ2n) is 4.54. The summed E-state index contributed by atoms with van der Waals surface area (Å²) in [6, 6.07) is 0. The second kappa shape index (κ2) is 6.74. The van der Waals surface area contributed by atoms with Gasteiger partial charge in [0, 0.05) is 19.6 Å². The van der Waals surface area contributed by atoms with Gasteiger partial charge in [0.1, 0.15) is 0 Å². The van der Waals surface area contributed by atoms with E-state index in [2.05, 4.69) is 23.1 Å². The molecule has 3 nitrogen and oxygen atoms in total. The molecule has 3 heteroatoms. The molecule has 0 saturated carbocycles. The molecule has 1 aliphatic heterocycles. The highest BCUT2D eigenvalue weighted by Gasteiger charge is 2.08. The van der Waals surface area contributed by atoms with Crippen LogP contribution in [0, 0.1) is 0 Å². The Kier molecular flexibility index (Phi) is 4.98. The van der Waals surface area contributed by atoms with Crippen LogP contribution in [0.5, 0.6) is 0 Å². The van der Waals surface area contributed by atoms with E-state index in [9.17, 15) is 0 Å². The van der Waals surface area contributed by atoms with Gasteiger partial charge in [-0.05, 0) is 24.0 Å². The predicted molar refractivity (Wildman–Crippen MR) is 68.9 cm³/mol. The molecule has 0 bridgehead atoms. The van der Waals surface area contributed by atoms with Gasteiger partial charge in [-0.1, -0.05) is 24.3 Å². The third-order valence-electron chi connectivity index (χ3n) is 3.27. The summed E-state index contributed by atoms with van der Waals surface area (Å²) in [6.07, 6.45) is 10.6. The van der Waals surface area contributed by atoms with Crippen molar-refractivity contribution in [3.05, 3.63) is 35.5 Å². The molecule has 2 rings (SSSR count). The van der Waals surface area contributed by atoms with Gasteiger partial charge in [-0.3, -0.25) is 4.90 Å². The van der Waals surface area contributed by atoms with Crippen LogP contribution in [0.1, 0.15) is 12.8 Å². The van der Waals surface area contributed by atoms with Crippen LogP contribution in [0.25, 0.3) is 0 Å². The average molecular weight is 235 g/mol. The van der Waals surface area contributed by atoms with Crippen molar-refractivity contribution < 1.29 is 9.84 Å². The Balaban J connectivity index is 1.76. The number of morpholine rings is 1. The number of allylic oxidation sites excluding steroid dienone is 4. The molecule has 0 atom stereocenters. The first-order chi connectivity index (χ1) is 8.38. The second-order valence-corrected chi connectivity index (χ2v) is 4.54. The zero-order chi connectivity index (χ0) is 11.9. The van der Waals surface area contributed by atoms with Crippen LogP contribution in [-0.4, -0.2) is 49.5 Å². The minimum atomic E-state index is 0.196. The van der Waals surface area contributed by atoms with Gasteiger partial charge in [0.05, 0.1) is 19.8 Å². The molecule has 1 N–H and O–H groups in total. The third kappa shape index (κ3) is 4.11. The Bertz CT molecular complexity index is 325. The fourth-order valence-electron chi connectivity index (χ4n) is 2.10. The molecule has 0 amide bonds. The quantitative estimate of drug-likeness (QED) is 0.802. The van der Waals surface area contributed by atoms with Crippen LogP contribution < -0.4 is 0 Å². The highest BCUT2D eigenvalue weighted by molar-refractivity contribution is 5.31. The summed E-state index contributed by atoms with van der Waals surface area (Å²) < 4.78 is 5.31. The summed E-state index contributed by atoms with van der Waals surface area (Å²) in [5, 5.41) is 8.99. The average Bonchev–Trinajstić information content (AvgIpc) is 2.41. The zero-order valence-electron chi connectivity index (χ0n) is 10.3.